The molecule has 0 saturated heterocycles. The van der Waals surface area contributed by atoms with Crippen molar-refractivity contribution in [3.63, 3.8) is 0 Å². The van der Waals surface area contributed by atoms with E-state index in [0.717, 1.165) is 0 Å². The third kappa shape index (κ3) is 1.75. The zero-order valence-corrected chi connectivity index (χ0v) is 6.83. The Kier molecular flexibility index (Phi) is 2.69. The molecule has 0 saturated carbocycles. The lowest BCUT2D eigenvalue weighted by Gasteiger charge is -2.02. The van der Waals surface area contributed by atoms with Crippen molar-refractivity contribution in [2.75, 3.05) is 6.61 Å². The smallest absolute Gasteiger partial charge is 0.340 e. The topological polar surface area (TPSA) is 50.1 Å². The van der Waals surface area contributed by atoms with Gasteiger partial charge in [-0.2, -0.15) is 0 Å². The van der Waals surface area contributed by atoms with Crippen molar-refractivity contribution in [2.45, 2.75) is 6.92 Å². The number of carbonyl (C=O) groups excluding carboxylic acids is 1. The van der Waals surface area contributed by atoms with Crippen molar-refractivity contribution in [2.24, 2.45) is 0 Å². The number of esters is 1. The van der Waals surface area contributed by atoms with Crippen LogP contribution in [0.4, 0.5) is 5.69 Å². The van der Waals surface area contributed by atoms with Gasteiger partial charge in [-0.3, -0.25) is 0 Å². The fourth-order valence-electron chi connectivity index (χ4n) is 0.870. The quantitative estimate of drug-likeness (QED) is 0.625. The number of rotatable bonds is 2. The molecule has 0 aliphatic rings. The first-order chi connectivity index (χ1) is 5.75. The maximum absolute atomic E-state index is 11.1. The largest absolute Gasteiger partial charge is 0.462 e. The molecular weight excluding hydrogens is 154 g/mol. The van der Waals surface area contributed by atoms with Crippen LogP contribution in [0.5, 0.6) is 0 Å². The second-order valence-electron chi connectivity index (χ2n) is 2.27. The third-order valence-corrected chi connectivity index (χ3v) is 1.42. The summed E-state index contributed by atoms with van der Waals surface area (Å²) in [5.41, 5.74) is 7.90. The van der Waals surface area contributed by atoms with Crippen LogP contribution in [0.1, 0.15) is 17.3 Å². The average Bonchev–Trinajstić information content (AvgIpc) is 2.05. The van der Waals surface area contributed by atoms with Crippen LogP contribution in [0.15, 0.2) is 24.3 Å². The van der Waals surface area contributed by atoms with Gasteiger partial charge in [-0.1, -0.05) is 12.1 Å². The van der Waals surface area contributed by atoms with E-state index in [2.05, 4.69) is 0 Å². The number of benzene rings is 1. The van der Waals surface area contributed by atoms with Crippen LogP contribution in [0.2, 0.25) is 0 Å². The third-order valence-electron chi connectivity index (χ3n) is 1.42. The lowest BCUT2D eigenvalue weighted by Crippen LogP contribution is -2.05. The van der Waals surface area contributed by atoms with E-state index in [9.17, 15) is 4.79 Å². The summed E-state index contributed by atoms with van der Waals surface area (Å²) in [5, 5.41) is 0. The summed E-state index contributed by atoms with van der Waals surface area (Å²) in [4.78, 5) is 11.1. The van der Waals surface area contributed by atoms with E-state index in [4.69, 9.17) is 10.5 Å². The summed E-state index contributed by atoms with van der Waals surface area (Å²) in [6.45, 7) is 2.08. The van der Waals surface area contributed by atoms with Crippen LogP contribution in [0.25, 0.3) is 0 Å². The molecule has 0 aliphatic carbocycles. The Balaban J connectivity index is 2.87. The fraction of sp³-hybridized carbons (Fsp3) is 0.222. The van der Waals surface area contributed by atoms with Crippen molar-refractivity contribution < 1.29 is 9.53 Å². The average molecular weight is 164 g/mol. The molecule has 0 aromatic heterocycles. The molecule has 1 radical (unpaired) electrons. The number of carbonyl (C=O) groups is 1. The van der Waals surface area contributed by atoms with Crippen molar-refractivity contribution in [3.8, 4) is 0 Å². The molecule has 12 heavy (non-hydrogen) atoms. The summed E-state index contributed by atoms with van der Waals surface area (Å²) < 4.78 is 4.75. The van der Waals surface area contributed by atoms with E-state index < -0.39 is 5.97 Å². The molecule has 1 aromatic carbocycles. The highest BCUT2D eigenvalue weighted by atomic mass is 16.5. The molecular formula is C9H10NO2. The highest BCUT2D eigenvalue weighted by Crippen LogP contribution is 2.12. The predicted octanol–water partition coefficient (Wildman–Crippen LogP) is 1.78. The van der Waals surface area contributed by atoms with Gasteiger partial charge in [0.15, 0.2) is 0 Å². The lowest BCUT2D eigenvalue weighted by molar-refractivity contribution is 0.0527. The summed E-state index contributed by atoms with van der Waals surface area (Å²) >= 11 is 0. The Morgan fingerprint density at radius 1 is 1.50 bits per heavy atom. The number of hydrogen-bond donors (Lipinski definition) is 0. The minimum Gasteiger partial charge on any atom is -0.462 e. The maximum atomic E-state index is 11.1. The molecule has 3 heteroatoms. The molecule has 0 atom stereocenters. The SMILES string of the molecule is CCOC(=O)c1ccccc1[NH]. The fourth-order valence-corrected chi connectivity index (χ4v) is 0.870. The van der Waals surface area contributed by atoms with Crippen LogP contribution in [0, 0.1) is 0 Å². The van der Waals surface area contributed by atoms with Gasteiger partial charge in [0, 0.05) is 0 Å². The molecule has 63 valence electrons. The Labute approximate surface area is 71.1 Å². The molecule has 0 aliphatic heterocycles. The summed E-state index contributed by atoms with van der Waals surface area (Å²) in [5.74, 6) is -0.428. The first-order valence-corrected chi connectivity index (χ1v) is 3.73. The zero-order valence-electron chi connectivity index (χ0n) is 6.83. The predicted molar refractivity (Wildman–Crippen MR) is 45.2 cm³/mol. The second-order valence-corrected chi connectivity index (χ2v) is 2.27. The van der Waals surface area contributed by atoms with Gasteiger partial charge in [0.2, 0.25) is 0 Å². The molecule has 3 nitrogen and oxygen atoms in total. The molecule has 1 aromatic rings. The summed E-state index contributed by atoms with van der Waals surface area (Å²) in [6, 6.07) is 6.57. The van der Waals surface area contributed by atoms with Crippen molar-refractivity contribution in [3.05, 3.63) is 29.8 Å². The van der Waals surface area contributed by atoms with E-state index in [0.29, 0.717) is 12.2 Å². The van der Waals surface area contributed by atoms with Gasteiger partial charge >= 0.3 is 5.97 Å². The van der Waals surface area contributed by atoms with Gasteiger partial charge in [0.05, 0.1) is 17.9 Å². The van der Waals surface area contributed by atoms with Gasteiger partial charge < -0.3 is 10.5 Å². The van der Waals surface area contributed by atoms with E-state index in [1.165, 1.54) is 0 Å². The Morgan fingerprint density at radius 3 is 2.75 bits per heavy atom. The molecule has 0 amide bonds. The number of hydrogen-bond acceptors (Lipinski definition) is 2. The lowest BCUT2D eigenvalue weighted by atomic mass is 10.2. The van der Waals surface area contributed by atoms with Gasteiger partial charge in [0.1, 0.15) is 0 Å². The Bertz CT molecular complexity index is 284. The van der Waals surface area contributed by atoms with Crippen LogP contribution in [-0.4, -0.2) is 12.6 Å². The molecule has 0 heterocycles. The zero-order chi connectivity index (χ0) is 8.97. The highest BCUT2D eigenvalue weighted by Gasteiger charge is 2.08. The first-order valence-electron chi connectivity index (χ1n) is 3.73. The van der Waals surface area contributed by atoms with Crippen LogP contribution in [0.3, 0.4) is 0 Å². The van der Waals surface area contributed by atoms with E-state index in [1.54, 1.807) is 31.2 Å². The van der Waals surface area contributed by atoms with Crippen LogP contribution >= 0.6 is 0 Å². The second kappa shape index (κ2) is 3.76. The van der Waals surface area contributed by atoms with Gasteiger partial charge in [0.25, 0.3) is 0 Å². The minimum absolute atomic E-state index is 0.205. The van der Waals surface area contributed by atoms with E-state index in [-0.39, 0.29) is 5.69 Å². The number of nitrogens with one attached hydrogen (secondary N) is 1. The monoisotopic (exact) mass is 164 g/mol. The summed E-state index contributed by atoms with van der Waals surface area (Å²) in [6.07, 6.45) is 0. The summed E-state index contributed by atoms with van der Waals surface area (Å²) in [7, 11) is 0. The van der Waals surface area contributed by atoms with Crippen molar-refractivity contribution >= 4 is 11.7 Å². The van der Waals surface area contributed by atoms with Gasteiger partial charge in [-0.05, 0) is 19.1 Å². The molecule has 0 unspecified atom stereocenters. The minimum atomic E-state index is -0.428. The van der Waals surface area contributed by atoms with Crippen LogP contribution in [-0.2, 0) is 4.74 Å². The molecule has 0 spiro atoms. The molecule has 1 N–H and O–H groups in total. The van der Waals surface area contributed by atoms with Crippen molar-refractivity contribution in [1.29, 1.82) is 0 Å². The van der Waals surface area contributed by atoms with Crippen molar-refractivity contribution in [1.82, 2.24) is 5.73 Å². The molecule has 1 rings (SSSR count). The molecule has 0 bridgehead atoms. The highest BCUT2D eigenvalue weighted by molar-refractivity contribution is 5.94. The molecule has 0 fully saturated rings. The van der Waals surface area contributed by atoms with Gasteiger partial charge in [-0.15, -0.1) is 0 Å². The standard InChI is InChI=1S/C9H10NO2/c1-2-12-9(11)7-5-3-4-6-8(7)10/h3-6,10H,2H2,1H3. The number of ether oxygens (including phenoxy) is 1. The van der Waals surface area contributed by atoms with E-state index >= 15 is 0 Å². The van der Waals surface area contributed by atoms with Gasteiger partial charge in [-0.25, -0.2) is 4.79 Å². The normalized spacial score (nSPS) is 9.42. The first kappa shape index (κ1) is 8.59. The Hall–Kier alpha value is -1.51. The Morgan fingerprint density at radius 2 is 2.17 bits per heavy atom. The van der Waals surface area contributed by atoms with Crippen LogP contribution < -0.4 is 5.73 Å². The van der Waals surface area contributed by atoms with E-state index in [1.807, 2.05) is 0 Å². The maximum Gasteiger partial charge on any atom is 0.340 e.